The van der Waals surface area contributed by atoms with Gasteiger partial charge >= 0.3 is 0 Å². The summed E-state index contributed by atoms with van der Waals surface area (Å²) >= 11 is 0. The van der Waals surface area contributed by atoms with Gasteiger partial charge in [-0.05, 0) is 56.9 Å². The molecule has 1 atom stereocenters. The number of aromatic nitrogens is 1. The molecule has 0 radical (unpaired) electrons. The average molecular weight is 351 g/mol. The fraction of sp³-hybridized carbons (Fsp3) is 0.476. The zero-order valence-corrected chi connectivity index (χ0v) is 15.3. The molecular formula is C21H25N3O2. The highest BCUT2D eigenvalue weighted by Gasteiger charge is 2.45. The molecule has 0 unspecified atom stereocenters. The van der Waals surface area contributed by atoms with E-state index < -0.39 is 0 Å². The zero-order valence-electron chi connectivity index (χ0n) is 15.3. The molecule has 0 bridgehead atoms. The molecule has 1 aromatic carbocycles. The van der Waals surface area contributed by atoms with Crippen molar-refractivity contribution in [1.82, 2.24) is 14.8 Å². The second kappa shape index (κ2) is 6.71. The molecule has 2 aliphatic heterocycles. The van der Waals surface area contributed by atoms with Gasteiger partial charge in [0.05, 0.1) is 11.1 Å². The molecule has 3 heterocycles. The van der Waals surface area contributed by atoms with Gasteiger partial charge in [-0.25, -0.2) is 0 Å². The summed E-state index contributed by atoms with van der Waals surface area (Å²) < 4.78 is 0. The second-order valence-electron chi connectivity index (χ2n) is 7.46. The first-order valence-corrected chi connectivity index (χ1v) is 9.57. The van der Waals surface area contributed by atoms with Crippen LogP contribution < -0.4 is 0 Å². The molecule has 1 aromatic heterocycles. The lowest BCUT2D eigenvalue weighted by Crippen LogP contribution is -2.63. The average Bonchev–Trinajstić information content (AvgIpc) is 2.67. The number of benzene rings is 1. The van der Waals surface area contributed by atoms with E-state index in [1.165, 1.54) is 0 Å². The number of amides is 2. The van der Waals surface area contributed by atoms with Crippen LogP contribution in [0.15, 0.2) is 36.5 Å². The third-order valence-electron chi connectivity index (χ3n) is 5.92. The summed E-state index contributed by atoms with van der Waals surface area (Å²) in [5, 5.41) is 0.980. The van der Waals surface area contributed by atoms with Crippen molar-refractivity contribution in [2.45, 2.75) is 44.6 Å². The van der Waals surface area contributed by atoms with Crippen LogP contribution in [-0.4, -0.2) is 51.8 Å². The van der Waals surface area contributed by atoms with Crippen molar-refractivity contribution < 1.29 is 9.59 Å². The first kappa shape index (κ1) is 17.0. The number of carbonyl (C=O) groups excluding carboxylic acids is 2. The lowest BCUT2D eigenvalue weighted by Gasteiger charge is -2.52. The van der Waals surface area contributed by atoms with Gasteiger partial charge in [0.1, 0.15) is 0 Å². The van der Waals surface area contributed by atoms with Crippen LogP contribution in [0.3, 0.4) is 0 Å². The molecule has 2 amide bonds. The molecule has 1 spiro atoms. The molecule has 0 saturated carbocycles. The lowest BCUT2D eigenvalue weighted by molar-refractivity contribution is -0.144. The van der Waals surface area contributed by atoms with E-state index in [9.17, 15) is 9.59 Å². The molecule has 0 N–H and O–H groups in total. The summed E-state index contributed by atoms with van der Waals surface area (Å²) in [6, 6.07) is 9.57. The van der Waals surface area contributed by atoms with Crippen LogP contribution in [0.4, 0.5) is 0 Å². The molecule has 2 saturated heterocycles. The van der Waals surface area contributed by atoms with Gasteiger partial charge in [0.2, 0.25) is 5.91 Å². The van der Waals surface area contributed by atoms with Gasteiger partial charge in [0.15, 0.2) is 0 Å². The number of nitrogens with zero attached hydrogens (tertiary/aromatic N) is 3. The van der Waals surface area contributed by atoms with Crippen molar-refractivity contribution in [3.05, 3.63) is 42.1 Å². The van der Waals surface area contributed by atoms with Gasteiger partial charge in [0.25, 0.3) is 5.91 Å². The van der Waals surface area contributed by atoms with Crippen molar-refractivity contribution in [2.75, 3.05) is 19.6 Å². The monoisotopic (exact) mass is 351 g/mol. The molecule has 26 heavy (non-hydrogen) atoms. The van der Waals surface area contributed by atoms with Crippen LogP contribution in [0.5, 0.6) is 0 Å². The maximum absolute atomic E-state index is 13.1. The number of carbonyl (C=O) groups is 2. The number of rotatable bonds is 2. The minimum atomic E-state index is -0.170. The Labute approximate surface area is 154 Å². The van der Waals surface area contributed by atoms with Gasteiger partial charge in [0, 0.05) is 43.2 Å². The number of piperidine rings is 2. The van der Waals surface area contributed by atoms with Gasteiger partial charge in [-0.15, -0.1) is 0 Å². The Morgan fingerprint density at radius 2 is 2.08 bits per heavy atom. The molecule has 5 nitrogen and oxygen atoms in total. The van der Waals surface area contributed by atoms with E-state index in [-0.39, 0.29) is 17.4 Å². The molecule has 0 aliphatic carbocycles. The second-order valence-corrected chi connectivity index (χ2v) is 7.46. The van der Waals surface area contributed by atoms with Crippen LogP contribution in [0, 0.1) is 0 Å². The fourth-order valence-corrected chi connectivity index (χ4v) is 4.72. The Bertz CT molecular complexity index is 846. The van der Waals surface area contributed by atoms with E-state index in [0.29, 0.717) is 18.5 Å². The first-order chi connectivity index (χ1) is 12.6. The van der Waals surface area contributed by atoms with Crippen LogP contribution >= 0.6 is 0 Å². The highest BCUT2D eigenvalue weighted by Crippen LogP contribution is 2.37. The van der Waals surface area contributed by atoms with E-state index in [4.69, 9.17) is 0 Å². The van der Waals surface area contributed by atoms with E-state index >= 15 is 0 Å². The number of pyridine rings is 1. The predicted octanol–water partition coefficient (Wildman–Crippen LogP) is 3.24. The van der Waals surface area contributed by atoms with Gasteiger partial charge in [-0.1, -0.05) is 6.07 Å². The number of hydrogen-bond acceptors (Lipinski definition) is 3. The van der Waals surface area contributed by atoms with Crippen molar-refractivity contribution >= 4 is 22.7 Å². The van der Waals surface area contributed by atoms with Crippen LogP contribution in [0.1, 0.15) is 49.4 Å². The lowest BCUT2D eigenvalue weighted by atomic mass is 9.79. The molecule has 5 heteroatoms. The standard InChI is InChI=1S/C21H25N3O2/c1-2-24-19(25)7-3-10-21(24)11-5-13-23(15-21)20(26)17-8-9-18-16(14-17)6-4-12-22-18/h4,6,8-9,12,14H,2-3,5,7,10-11,13,15H2,1H3/t21-/m0/s1. The fourth-order valence-electron chi connectivity index (χ4n) is 4.72. The summed E-state index contributed by atoms with van der Waals surface area (Å²) in [7, 11) is 0. The quantitative estimate of drug-likeness (QED) is 0.835. The molecule has 136 valence electrons. The Kier molecular flexibility index (Phi) is 4.39. The Morgan fingerprint density at radius 3 is 2.92 bits per heavy atom. The first-order valence-electron chi connectivity index (χ1n) is 9.57. The van der Waals surface area contributed by atoms with Crippen molar-refractivity contribution in [3.8, 4) is 0 Å². The number of hydrogen-bond donors (Lipinski definition) is 0. The minimum Gasteiger partial charge on any atom is -0.336 e. The van der Waals surface area contributed by atoms with Gasteiger partial charge < -0.3 is 9.80 Å². The summed E-state index contributed by atoms with van der Waals surface area (Å²) in [5.74, 6) is 0.300. The smallest absolute Gasteiger partial charge is 0.253 e. The normalized spacial score (nSPS) is 23.7. The summed E-state index contributed by atoms with van der Waals surface area (Å²) in [6.45, 7) is 4.18. The SMILES string of the molecule is CCN1C(=O)CCC[C@@]12CCCN(C(=O)c1ccc3ncccc3c1)C2. The maximum atomic E-state index is 13.1. The summed E-state index contributed by atoms with van der Waals surface area (Å²) in [6.07, 6.45) is 6.28. The van der Waals surface area contributed by atoms with E-state index in [1.807, 2.05) is 47.1 Å². The molecule has 2 fully saturated rings. The largest absolute Gasteiger partial charge is 0.336 e. The van der Waals surface area contributed by atoms with Crippen LogP contribution in [-0.2, 0) is 4.79 Å². The molecule has 4 rings (SSSR count). The minimum absolute atomic E-state index is 0.0592. The predicted molar refractivity (Wildman–Crippen MR) is 101 cm³/mol. The van der Waals surface area contributed by atoms with Gasteiger partial charge in [-0.2, -0.15) is 0 Å². The number of likely N-dealkylation sites (N-methyl/N-ethyl adjacent to an activating group) is 1. The summed E-state index contributed by atoms with van der Waals surface area (Å²) in [4.78, 5) is 33.9. The third kappa shape index (κ3) is 2.85. The molecule has 2 aliphatic rings. The van der Waals surface area contributed by atoms with Crippen LogP contribution in [0.25, 0.3) is 10.9 Å². The topological polar surface area (TPSA) is 53.5 Å². The Hall–Kier alpha value is -2.43. The summed E-state index contributed by atoms with van der Waals surface area (Å²) in [5.41, 5.74) is 1.43. The third-order valence-corrected chi connectivity index (χ3v) is 5.92. The highest BCUT2D eigenvalue weighted by atomic mass is 16.2. The van der Waals surface area contributed by atoms with Gasteiger partial charge in [-0.3, -0.25) is 14.6 Å². The Balaban J connectivity index is 1.60. The molecule has 2 aromatic rings. The number of likely N-dealkylation sites (tertiary alicyclic amines) is 2. The van der Waals surface area contributed by atoms with Crippen LogP contribution in [0.2, 0.25) is 0 Å². The van der Waals surface area contributed by atoms with E-state index in [0.717, 1.165) is 49.7 Å². The Morgan fingerprint density at radius 1 is 1.23 bits per heavy atom. The molecular weight excluding hydrogens is 326 g/mol. The maximum Gasteiger partial charge on any atom is 0.253 e. The number of fused-ring (bicyclic) bond motifs is 1. The van der Waals surface area contributed by atoms with Crippen molar-refractivity contribution in [3.63, 3.8) is 0 Å². The highest BCUT2D eigenvalue weighted by molar-refractivity contribution is 5.98. The van der Waals surface area contributed by atoms with E-state index in [2.05, 4.69) is 4.98 Å². The van der Waals surface area contributed by atoms with Crippen molar-refractivity contribution in [1.29, 1.82) is 0 Å². The van der Waals surface area contributed by atoms with Crippen molar-refractivity contribution in [2.24, 2.45) is 0 Å². The van der Waals surface area contributed by atoms with E-state index in [1.54, 1.807) is 6.20 Å². The zero-order chi connectivity index (χ0) is 18.1.